The van der Waals surface area contributed by atoms with E-state index in [0.29, 0.717) is 12.0 Å². The quantitative estimate of drug-likeness (QED) is 0.377. The number of rotatable bonds is 7. The summed E-state index contributed by atoms with van der Waals surface area (Å²) in [5.74, 6) is -0.870. The van der Waals surface area contributed by atoms with Gasteiger partial charge >= 0.3 is 5.97 Å². The Hall–Kier alpha value is -2.81. The number of thioether (sulfide) groups is 1. The number of nitrogens with two attached hydrogens (primary N) is 1. The molecule has 0 unspecified atom stereocenters. The van der Waals surface area contributed by atoms with Gasteiger partial charge in [0.2, 0.25) is 5.91 Å². The number of nitrogens with one attached hydrogen (secondary N) is 2. The van der Waals surface area contributed by atoms with E-state index in [1.54, 1.807) is 24.3 Å². The lowest BCUT2D eigenvalue weighted by molar-refractivity contribution is -0.145. The van der Waals surface area contributed by atoms with Gasteiger partial charge in [-0.15, -0.1) is 0 Å². The Morgan fingerprint density at radius 3 is 2.62 bits per heavy atom. The number of aromatic nitrogens is 2. The molecule has 0 aliphatic carbocycles. The van der Waals surface area contributed by atoms with Crippen molar-refractivity contribution in [2.45, 2.75) is 29.8 Å². The van der Waals surface area contributed by atoms with Crippen LogP contribution in [0.3, 0.4) is 0 Å². The predicted octanol–water partition coefficient (Wildman–Crippen LogP) is 1.25. The van der Waals surface area contributed by atoms with Gasteiger partial charge in [-0.2, -0.15) is 0 Å². The van der Waals surface area contributed by atoms with Crippen LogP contribution < -0.4 is 16.6 Å². The Balaban J connectivity index is 2.17. The predicted molar refractivity (Wildman–Crippen MR) is 98.5 cm³/mol. The molecule has 1 amide bonds. The summed E-state index contributed by atoms with van der Waals surface area (Å²) in [6, 6.07) is 9.05. The minimum Gasteiger partial charge on any atom is -0.467 e. The van der Waals surface area contributed by atoms with Gasteiger partial charge < -0.3 is 20.8 Å². The maximum atomic E-state index is 12.7. The van der Waals surface area contributed by atoms with Crippen LogP contribution >= 0.6 is 11.8 Å². The van der Waals surface area contributed by atoms with Crippen LogP contribution in [0, 0.1) is 0 Å². The van der Waals surface area contributed by atoms with Crippen molar-refractivity contribution >= 4 is 29.5 Å². The highest BCUT2D eigenvalue weighted by molar-refractivity contribution is 8.00. The van der Waals surface area contributed by atoms with Crippen molar-refractivity contribution in [3.05, 3.63) is 52.3 Å². The van der Waals surface area contributed by atoms with Gasteiger partial charge in [-0.1, -0.05) is 49.0 Å². The number of methoxy groups -OCH3 is 1. The smallest absolute Gasteiger partial charge is 0.333 e. The maximum Gasteiger partial charge on any atom is 0.333 e. The van der Waals surface area contributed by atoms with Gasteiger partial charge in [0.15, 0.2) is 11.2 Å². The number of hydrogen-bond acceptors (Lipinski definition) is 7. The summed E-state index contributed by atoms with van der Waals surface area (Å²) in [6.07, 6.45) is 0.456. The van der Waals surface area contributed by atoms with Gasteiger partial charge in [0.05, 0.1) is 12.4 Å². The lowest BCUT2D eigenvalue weighted by atomic mass is 10.1. The number of nitrogen functional groups attached to an aromatic ring is 1. The number of carbonyl (C=O) groups excluding carboxylic acids is 2. The van der Waals surface area contributed by atoms with Crippen molar-refractivity contribution in [1.29, 1.82) is 0 Å². The number of hydrogen-bond donors (Lipinski definition) is 3. The SMILES string of the molecule is CC[C@H](Sc1nc(N)cc(=O)[nH]1)C(=O)N[C@@H](C(=O)OC)c1ccccc1. The lowest BCUT2D eigenvalue weighted by Crippen LogP contribution is -2.39. The molecule has 0 saturated heterocycles. The molecular weight excluding hydrogens is 356 g/mol. The fourth-order valence-corrected chi connectivity index (χ4v) is 3.17. The first-order valence-electron chi connectivity index (χ1n) is 7.91. The Kier molecular flexibility index (Phi) is 6.79. The summed E-state index contributed by atoms with van der Waals surface area (Å²) in [5, 5.41) is 2.37. The summed E-state index contributed by atoms with van der Waals surface area (Å²) in [5.41, 5.74) is 5.78. The van der Waals surface area contributed by atoms with Crippen LogP contribution in [0.2, 0.25) is 0 Å². The van der Waals surface area contributed by atoms with Crippen LogP contribution in [0.4, 0.5) is 5.82 Å². The third kappa shape index (κ3) is 5.09. The molecule has 0 aliphatic rings. The average Bonchev–Trinajstić information content (AvgIpc) is 2.63. The summed E-state index contributed by atoms with van der Waals surface area (Å²) in [6.45, 7) is 1.82. The van der Waals surface area contributed by atoms with Gasteiger partial charge in [0.1, 0.15) is 5.82 Å². The van der Waals surface area contributed by atoms with E-state index in [9.17, 15) is 14.4 Å². The topological polar surface area (TPSA) is 127 Å². The number of amides is 1. The molecule has 0 radical (unpaired) electrons. The van der Waals surface area contributed by atoms with E-state index in [0.717, 1.165) is 17.8 Å². The van der Waals surface area contributed by atoms with Gasteiger partial charge in [0.25, 0.3) is 5.56 Å². The number of benzene rings is 1. The van der Waals surface area contributed by atoms with Crippen molar-refractivity contribution in [1.82, 2.24) is 15.3 Å². The second-order valence-corrected chi connectivity index (χ2v) is 6.56. The lowest BCUT2D eigenvalue weighted by Gasteiger charge is -2.20. The van der Waals surface area contributed by atoms with Gasteiger partial charge in [-0.25, -0.2) is 9.78 Å². The number of anilines is 1. The second kappa shape index (κ2) is 9.04. The Labute approximate surface area is 154 Å². The molecule has 0 fully saturated rings. The molecular formula is C17H20N4O4S. The Bertz CT molecular complexity index is 825. The van der Waals surface area contributed by atoms with Crippen LogP contribution in [0.1, 0.15) is 24.9 Å². The molecule has 4 N–H and O–H groups in total. The van der Waals surface area contributed by atoms with Gasteiger partial charge in [-0.05, 0) is 12.0 Å². The highest BCUT2D eigenvalue weighted by atomic mass is 32.2. The normalized spacial score (nSPS) is 12.8. The zero-order chi connectivity index (χ0) is 19.1. The molecule has 1 aromatic heterocycles. The molecule has 1 aromatic carbocycles. The summed E-state index contributed by atoms with van der Waals surface area (Å²) in [4.78, 5) is 42.8. The molecule has 9 heteroatoms. The third-order valence-corrected chi connectivity index (χ3v) is 4.76. The summed E-state index contributed by atoms with van der Waals surface area (Å²) < 4.78 is 4.79. The van der Waals surface area contributed by atoms with Crippen LogP contribution in [-0.2, 0) is 14.3 Å². The average molecular weight is 376 g/mol. The van der Waals surface area contributed by atoms with Gasteiger partial charge in [-0.3, -0.25) is 9.59 Å². The molecule has 0 saturated carbocycles. The van der Waals surface area contributed by atoms with E-state index in [1.165, 1.54) is 7.11 Å². The molecule has 2 rings (SSSR count). The van der Waals surface area contributed by atoms with Crippen molar-refractivity contribution < 1.29 is 14.3 Å². The molecule has 138 valence electrons. The minimum atomic E-state index is -0.920. The van der Waals surface area contributed by atoms with Crippen molar-refractivity contribution in [3.63, 3.8) is 0 Å². The first kappa shape index (κ1) is 19.5. The first-order valence-corrected chi connectivity index (χ1v) is 8.79. The highest BCUT2D eigenvalue weighted by Gasteiger charge is 2.27. The Morgan fingerprint density at radius 1 is 1.35 bits per heavy atom. The first-order chi connectivity index (χ1) is 12.4. The maximum absolute atomic E-state index is 12.7. The minimum absolute atomic E-state index is 0.0724. The molecule has 0 spiro atoms. The summed E-state index contributed by atoms with van der Waals surface area (Å²) in [7, 11) is 1.26. The van der Waals surface area contributed by atoms with Gasteiger partial charge in [0, 0.05) is 6.07 Å². The van der Waals surface area contributed by atoms with Crippen molar-refractivity contribution in [3.8, 4) is 0 Å². The molecule has 1 heterocycles. The van der Waals surface area contributed by atoms with E-state index in [4.69, 9.17) is 10.5 Å². The molecule has 2 atom stereocenters. The highest BCUT2D eigenvalue weighted by Crippen LogP contribution is 2.23. The number of ether oxygens (including phenoxy) is 1. The largest absolute Gasteiger partial charge is 0.467 e. The number of aromatic amines is 1. The number of carbonyl (C=O) groups is 2. The fourth-order valence-electron chi connectivity index (χ4n) is 2.24. The zero-order valence-corrected chi connectivity index (χ0v) is 15.2. The zero-order valence-electron chi connectivity index (χ0n) is 14.4. The third-order valence-electron chi connectivity index (χ3n) is 3.51. The van der Waals surface area contributed by atoms with E-state index in [1.807, 2.05) is 13.0 Å². The van der Waals surface area contributed by atoms with E-state index < -0.39 is 22.8 Å². The van der Waals surface area contributed by atoms with E-state index in [-0.39, 0.29) is 16.9 Å². The Morgan fingerprint density at radius 2 is 2.04 bits per heavy atom. The second-order valence-electron chi connectivity index (χ2n) is 5.37. The number of nitrogens with zero attached hydrogens (tertiary/aromatic N) is 1. The van der Waals surface area contributed by atoms with E-state index in [2.05, 4.69) is 15.3 Å². The molecule has 0 bridgehead atoms. The monoisotopic (exact) mass is 376 g/mol. The van der Waals surface area contributed by atoms with Crippen LogP contribution in [0.5, 0.6) is 0 Å². The molecule has 26 heavy (non-hydrogen) atoms. The number of H-pyrrole nitrogens is 1. The number of esters is 1. The standard InChI is InChI=1S/C17H20N4O4S/c1-3-11(26-17-19-12(18)9-13(22)20-17)15(23)21-14(16(24)25-2)10-7-5-4-6-8-10/h4-9,11,14H,3H2,1-2H3,(H,21,23)(H3,18,19,20,22)/t11-,14+/m0/s1. The van der Waals surface area contributed by atoms with Crippen LogP contribution in [-0.4, -0.2) is 34.2 Å². The van der Waals surface area contributed by atoms with Crippen LogP contribution in [0.25, 0.3) is 0 Å². The van der Waals surface area contributed by atoms with Crippen LogP contribution in [0.15, 0.2) is 46.3 Å². The molecule has 0 aliphatic heterocycles. The van der Waals surface area contributed by atoms with Crippen molar-refractivity contribution in [2.75, 3.05) is 12.8 Å². The molecule has 2 aromatic rings. The van der Waals surface area contributed by atoms with Crippen molar-refractivity contribution in [2.24, 2.45) is 0 Å². The fraction of sp³-hybridized carbons (Fsp3) is 0.294. The van der Waals surface area contributed by atoms with E-state index >= 15 is 0 Å². The molecule has 8 nitrogen and oxygen atoms in total. The summed E-state index contributed by atoms with van der Waals surface area (Å²) >= 11 is 1.07.